The van der Waals surface area contributed by atoms with Gasteiger partial charge in [-0.3, -0.25) is 4.79 Å². The first-order valence-electron chi connectivity index (χ1n) is 3.46. The van der Waals surface area contributed by atoms with Crippen LogP contribution in [0, 0.1) is 0 Å². The van der Waals surface area contributed by atoms with Gasteiger partial charge in [-0.25, -0.2) is 0 Å². The van der Waals surface area contributed by atoms with Gasteiger partial charge in [0.05, 0.1) is 5.60 Å². The second kappa shape index (κ2) is 3.97. The number of aliphatic carboxylic acids is 1. The third-order valence-electron chi connectivity index (χ3n) is 1.41. The lowest BCUT2D eigenvalue weighted by molar-refractivity contribution is -0.142. The van der Waals surface area contributed by atoms with Gasteiger partial charge in [0.15, 0.2) is 0 Å². The molecule has 0 heterocycles. The van der Waals surface area contributed by atoms with Crippen LogP contribution in [0.2, 0.25) is 0 Å². The van der Waals surface area contributed by atoms with Gasteiger partial charge in [0.25, 0.3) is 0 Å². The molecule has 0 aliphatic rings. The standard InChI is InChI=1S/C7H14O3S/c1-4-10-7(2,3)5(11)6(8)9/h5,11H,4H2,1-3H3,(H,8,9). The van der Waals surface area contributed by atoms with E-state index >= 15 is 0 Å². The molecule has 1 unspecified atom stereocenters. The monoisotopic (exact) mass is 178 g/mol. The molecule has 0 bridgehead atoms. The zero-order valence-electron chi connectivity index (χ0n) is 7.00. The maximum Gasteiger partial charge on any atom is 0.319 e. The van der Waals surface area contributed by atoms with Crippen molar-refractivity contribution in [3.05, 3.63) is 0 Å². The molecule has 11 heavy (non-hydrogen) atoms. The number of hydrogen-bond donors (Lipinski definition) is 2. The topological polar surface area (TPSA) is 46.5 Å². The van der Waals surface area contributed by atoms with Crippen molar-refractivity contribution in [3.8, 4) is 0 Å². The number of carboxylic acid groups (broad SMARTS) is 1. The zero-order chi connectivity index (χ0) is 9.07. The van der Waals surface area contributed by atoms with Gasteiger partial charge >= 0.3 is 5.97 Å². The van der Waals surface area contributed by atoms with Crippen LogP contribution in [0.4, 0.5) is 0 Å². The maximum atomic E-state index is 10.5. The summed E-state index contributed by atoms with van der Waals surface area (Å²) in [6, 6.07) is 0. The molecular formula is C7H14O3S. The van der Waals surface area contributed by atoms with Gasteiger partial charge in [-0.05, 0) is 20.8 Å². The summed E-state index contributed by atoms with van der Waals surface area (Å²) in [5, 5.41) is 7.81. The van der Waals surface area contributed by atoms with E-state index in [0.717, 1.165) is 0 Å². The molecule has 4 heteroatoms. The molecule has 0 saturated carbocycles. The quantitative estimate of drug-likeness (QED) is 0.635. The van der Waals surface area contributed by atoms with Crippen LogP contribution >= 0.6 is 12.6 Å². The van der Waals surface area contributed by atoms with Gasteiger partial charge < -0.3 is 9.84 Å². The van der Waals surface area contributed by atoms with Crippen LogP contribution in [0.15, 0.2) is 0 Å². The van der Waals surface area contributed by atoms with E-state index in [0.29, 0.717) is 6.61 Å². The molecule has 0 radical (unpaired) electrons. The molecule has 0 rings (SSSR count). The van der Waals surface area contributed by atoms with Gasteiger partial charge in [-0.1, -0.05) is 0 Å². The Morgan fingerprint density at radius 1 is 1.73 bits per heavy atom. The van der Waals surface area contributed by atoms with Gasteiger partial charge in [0.1, 0.15) is 5.25 Å². The number of carboxylic acids is 1. The first-order chi connectivity index (χ1) is 4.91. The van der Waals surface area contributed by atoms with Gasteiger partial charge in [-0.15, -0.1) is 0 Å². The molecule has 1 N–H and O–H groups in total. The fourth-order valence-corrected chi connectivity index (χ4v) is 0.823. The number of ether oxygens (including phenoxy) is 1. The Balaban J connectivity index is 4.16. The molecule has 0 aliphatic carbocycles. The summed E-state index contributed by atoms with van der Waals surface area (Å²) in [6.07, 6.45) is 0. The molecular weight excluding hydrogens is 164 g/mol. The van der Waals surface area contributed by atoms with E-state index in [1.807, 2.05) is 6.92 Å². The molecule has 3 nitrogen and oxygen atoms in total. The maximum absolute atomic E-state index is 10.5. The van der Waals surface area contributed by atoms with E-state index in [4.69, 9.17) is 9.84 Å². The predicted octanol–water partition coefficient (Wildman–Crippen LogP) is 1.18. The van der Waals surface area contributed by atoms with E-state index in [9.17, 15) is 4.79 Å². The molecule has 1 atom stereocenters. The number of carbonyl (C=O) groups is 1. The molecule has 0 fully saturated rings. The third kappa shape index (κ3) is 3.12. The zero-order valence-corrected chi connectivity index (χ0v) is 7.89. The molecule has 0 amide bonds. The summed E-state index contributed by atoms with van der Waals surface area (Å²) in [5.74, 6) is -0.952. The summed E-state index contributed by atoms with van der Waals surface area (Å²) in [6.45, 7) is 5.74. The average molecular weight is 178 g/mol. The van der Waals surface area contributed by atoms with E-state index in [-0.39, 0.29) is 0 Å². The van der Waals surface area contributed by atoms with Crippen molar-refractivity contribution in [2.45, 2.75) is 31.6 Å². The second-order valence-electron chi connectivity index (χ2n) is 2.78. The Kier molecular flexibility index (Phi) is 3.89. The van der Waals surface area contributed by atoms with Crippen LogP contribution in [-0.2, 0) is 9.53 Å². The van der Waals surface area contributed by atoms with Crippen LogP contribution in [0.1, 0.15) is 20.8 Å². The average Bonchev–Trinajstić information content (AvgIpc) is 1.86. The van der Waals surface area contributed by atoms with Gasteiger partial charge in [-0.2, -0.15) is 12.6 Å². The molecule has 0 aliphatic heterocycles. The van der Waals surface area contributed by atoms with E-state index in [1.54, 1.807) is 13.8 Å². The lowest BCUT2D eigenvalue weighted by atomic mass is 10.1. The van der Waals surface area contributed by atoms with E-state index < -0.39 is 16.8 Å². The molecule has 0 spiro atoms. The Morgan fingerprint density at radius 3 is 2.45 bits per heavy atom. The molecule has 0 aromatic carbocycles. The third-order valence-corrected chi connectivity index (χ3v) is 2.25. The highest BCUT2D eigenvalue weighted by Gasteiger charge is 2.32. The summed E-state index contributed by atoms with van der Waals surface area (Å²) >= 11 is 3.91. The Hall–Kier alpha value is -0.220. The minimum atomic E-state index is -0.952. The van der Waals surface area contributed by atoms with Gasteiger partial charge in [0, 0.05) is 6.61 Å². The summed E-state index contributed by atoms with van der Waals surface area (Å²) in [7, 11) is 0. The van der Waals surface area contributed by atoms with Gasteiger partial charge in [0.2, 0.25) is 0 Å². The summed E-state index contributed by atoms with van der Waals surface area (Å²) in [5.41, 5.74) is -0.705. The Morgan fingerprint density at radius 2 is 2.18 bits per heavy atom. The van der Waals surface area contributed by atoms with E-state index in [2.05, 4.69) is 12.6 Å². The SMILES string of the molecule is CCOC(C)(C)C(S)C(=O)O. The number of rotatable bonds is 4. The number of hydrogen-bond acceptors (Lipinski definition) is 3. The lowest BCUT2D eigenvalue weighted by Crippen LogP contribution is -2.40. The normalized spacial score (nSPS) is 14.5. The van der Waals surface area contributed by atoms with Crippen LogP contribution in [-0.4, -0.2) is 28.5 Å². The highest BCUT2D eigenvalue weighted by atomic mass is 32.1. The van der Waals surface area contributed by atoms with Crippen molar-refractivity contribution in [1.29, 1.82) is 0 Å². The van der Waals surface area contributed by atoms with Crippen molar-refractivity contribution in [1.82, 2.24) is 0 Å². The van der Waals surface area contributed by atoms with Crippen LogP contribution in [0.3, 0.4) is 0 Å². The van der Waals surface area contributed by atoms with Crippen molar-refractivity contribution in [2.24, 2.45) is 0 Å². The smallest absolute Gasteiger partial charge is 0.319 e. The predicted molar refractivity (Wildman–Crippen MR) is 46.1 cm³/mol. The molecule has 0 aromatic heterocycles. The first-order valence-corrected chi connectivity index (χ1v) is 3.98. The Bertz CT molecular complexity index is 145. The van der Waals surface area contributed by atoms with Crippen molar-refractivity contribution >= 4 is 18.6 Å². The fourth-order valence-electron chi connectivity index (χ4n) is 0.748. The Labute approximate surface area is 72.2 Å². The molecule has 0 aromatic rings. The van der Waals surface area contributed by atoms with E-state index in [1.165, 1.54) is 0 Å². The van der Waals surface area contributed by atoms with Crippen molar-refractivity contribution in [3.63, 3.8) is 0 Å². The fraction of sp³-hybridized carbons (Fsp3) is 0.857. The van der Waals surface area contributed by atoms with Crippen LogP contribution in [0.25, 0.3) is 0 Å². The largest absolute Gasteiger partial charge is 0.480 e. The van der Waals surface area contributed by atoms with Crippen LogP contribution < -0.4 is 0 Å². The number of thiol groups is 1. The summed E-state index contributed by atoms with van der Waals surface area (Å²) in [4.78, 5) is 10.5. The highest BCUT2D eigenvalue weighted by molar-refractivity contribution is 7.81. The lowest BCUT2D eigenvalue weighted by Gasteiger charge is -2.27. The summed E-state index contributed by atoms with van der Waals surface area (Å²) < 4.78 is 5.20. The first kappa shape index (κ1) is 10.8. The minimum absolute atomic E-state index is 0.497. The van der Waals surface area contributed by atoms with Crippen LogP contribution in [0.5, 0.6) is 0 Å². The molecule has 66 valence electrons. The molecule has 0 saturated heterocycles. The second-order valence-corrected chi connectivity index (χ2v) is 3.29. The highest BCUT2D eigenvalue weighted by Crippen LogP contribution is 2.19. The van der Waals surface area contributed by atoms with Crippen molar-refractivity contribution < 1.29 is 14.6 Å². The minimum Gasteiger partial charge on any atom is -0.480 e. The van der Waals surface area contributed by atoms with Crippen molar-refractivity contribution in [2.75, 3.05) is 6.61 Å².